The molecule has 0 fully saturated rings. The van der Waals surface area contributed by atoms with Gasteiger partial charge in [-0.1, -0.05) is 30.3 Å². The van der Waals surface area contributed by atoms with Gasteiger partial charge in [-0.15, -0.1) is 0 Å². The van der Waals surface area contributed by atoms with Gasteiger partial charge in [0.1, 0.15) is 17.7 Å². The van der Waals surface area contributed by atoms with E-state index in [0.29, 0.717) is 16.2 Å². The lowest BCUT2D eigenvalue weighted by Crippen LogP contribution is -2.15. The first-order chi connectivity index (χ1) is 13.5. The number of fused-ring (bicyclic) bond motifs is 1. The van der Waals surface area contributed by atoms with Gasteiger partial charge in [-0.25, -0.2) is 0 Å². The summed E-state index contributed by atoms with van der Waals surface area (Å²) in [6.07, 6.45) is -0.808. The molecule has 8 heteroatoms. The molecule has 0 bridgehead atoms. The fourth-order valence-electron chi connectivity index (χ4n) is 3.31. The van der Waals surface area contributed by atoms with Gasteiger partial charge < -0.3 is 15.3 Å². The largest absolute Gasteiger partial charge is 0.508 e. The SMILES string of the molecule is CNC(O)c1ccc(-n2c(-c3ccc(O)cc3O)n[nH]c2=S)c2ccccc12. The summed E-state index contributed by atoms with van der Waals surface area (Å²) in [5.41, 5.74) is 1.92. The summed E-state index contributed by atoms with van der Waals surface area (Å²) in [6.45, 7) is 0. The van der Waals surface area contributed by atoms with Crippen molar-refractivity contribution < 1.29 is 15.3 Å². The molecule has 4 rings (SSSR count). The van der Waals surface area contributed by atoms with Crippen molar-refractivity contribution in [2.45, 2.75) is 6.23 Å². The number of nitrogens with one attached hydrogen (secondary N) is 2. The van der Waals surface area contributed by atoms with Crippen LogP contribution in [0.4, 0.5) is 0 Å². The van der Waals surface area contributed by atoms with E-state index in [0.717, 1.165) is 22.0 Å². The quantitative estimate of drug-likeness (QED) is 0.268. The van der Waals surface area contributed by atoms with Crippen molar-refractivity contribution in [3.05, 3.63) is 64.9 Å². The number of H-pyrrole nitrogens is 1. The van der Waals surface area contributed by atoms with Crippen LogP contribution in [0.5, 0.6) is 11.5 Å². The minimum atomic E-state index is -0.808. The zero-order valence-corrected chi connectivity index (χ0v) is 15.7. The highest BCUT2D eigenvalue weighted by Gasteiger charge is 2.18. The van der Waals surface area contributed by atoms with E-state index in [9.17, 15) is 15.3 Å². The Balaban J connectivity index is 2.00. The van der Waals surface area contributed by atoms with Crippen LogP contribution in [-0.2, 0) is 0 Å². The van der Waals surface area contributed by atoms with Crippen LogP contribution in [0, 0.1) is 4.77 Å². The molecule has 0 aliphatic heterocycles. The number of aromatic hydroxyl groups is 2. The molecule has 5 N–H and O–H groups in total. The molecule has 1 atom stereocenters. The highest BCUT2D eigenvalue weighted by molar-refractivity contribution is 7.71. The Morgan fingerprint density at radius 2 is 1.82 bits per heavy atom. The Kier molecular flexibility index (Phi) is 4.60. The number of benzene rings is 3. The third-order valence-electron chi connectivity index (χ3n) is 4.64. The van der Waals surface area contributed by atoms with Crippen LogP contribution < -0.4 is 5.32 Å². The molecule has 0 aliphatic carbocycles. The van der Waals surface area contributed by atoms with Gasteiger partial charge in [0.25, 0.3) is 0 Å². The summed E-state index contributed by atoms with van der Waals surface area (Å²) in [5, 5.41) is 41.8. The molecule has 0 saturated heterocycles. The number of rotatable bonds is 4. The standard InChI is InChI=1S/C20H18N4O3S/c1-21-19(27)14-8-9-16(13-5-3-2-4-12(13)14)24-18(22-23-20(24)28)15-7-6-11(25)10-17(15)26/h2-10,19,21,25-27H,1H3,(H,23,28). The number of phenols is 2. The molecule has 7 nitrogen and oxygen atoms in total. The van der Waals surface area contributed by atoms with Crippen molar-refractivity contribution in [1.82, 2.24) is 20.1 Å². The second-order valence-corrected chi connectivity index (χ2v) is 6.69. The number of aliphatic hydroxyl groups excluding tert-OH is 1. The molecular weight excluding hydrogens is 376 g/mol. The third-order valence-corrected chi connectivity index (χ3v) is 4.91. The molecule has 0 amide bonds. The minimum Gasteiger partial charge on any atom is -0.508 e. The number of aromatic amines is 1. The topological polar surface area (TPSA) is 106 Å². The molecule has 3 aromatic carbocycles. The van der Waals surface area contributed by atoms with Crippen molar-refractivity contribution in [2.75, 3.05) is 7.05 Å². The number of phenolic OH excluding ortho intramolecular Hbond substituents is 2. The van der Waals surface area contributed by atoms with Crippen LogP contribution in [0.3, 0.4) is 0 Å². The number of hydrogen-bond donors (Lipinski definition) is 5. The molecule has 0 saturated carbocycles. The maximum Gasteiger partial charge on any atom is 0.200 e. The highest BCUT2D eigenvalue weighted by Crippen LogP contribution is 2.35. The molecular formula is C20H18N4O3S. The maximum atomic E-state index is 10.3. The molecule has 28 heavy (non-hydrogen) atoms. The van der Waals surface area contributed by atoms with Gasteiger partial charge in [0.15, 0.2) is 10.6 Å². The van der Waals surface area contributed by atoms with E-state index in [4.69, 9.17) is 12.2 Å². The van der Waals surface area contributed by atoms with Crippen LogP contribution in [0.2, 0.25) is 0 Å². The Hall–Kier alpha value is -3.20. The molecule has 1 heterocycles. The first kappa shape index (κ1) is 18.2. The summed E-state index contributed by atoms with van der Waals surface area (Å²) in [5.74, 6) is 0.258. The first-order valence-electron chi connectivity index (χ1n) is 8.58. The summed E-state index contributed by atoms with van der Waals surface area (Å²) in [4.78, 5) is 0. The molecule has 142 valence electrons. The highest BCUT2D eigenvalue weighted by atomic mass is 32.1. The molecule has 1 aromatic heterocycles. The van der Waals surface area contributed by atoms with Gasteiger partial charge in [0.2, 0.25) is 0 Å². The van der Waals surface area contributed by atoms with Crippen LogP contribution in [0.25, 0.3) is 27.8 Å². The lowest BCUT2D eigenvalue weighted by atomic mass is 10.0. The Morgan fingerprint density at radius 1 is 1.07 bits per heavy atom. The van der Waals surface area contributed by atoms with Crippen molar-refractivity contribution in [2.24, 2.45) is 0 Å². The Labute approximate surface area is 165 Å². The number of aromatic nitrogens is 3. The van der Waals surface area contributed by atoms with Gasteiger partial charge >= 0.3 is 0 Å². The average Bonchev–Trinajstić information content (AvgIpc) is 3.07. The summed E-state index contributed by atoms with van der Waals surface area (Å²) in [7, 11) is 1.69. The minimum absolute atomic E-state index is 0.0437. The fraction of sp³-hybridized carbons (Fsp3) is 0.100. The molecule has 0 spiro atoms. The third kappa shape index (κ3) is 2.93. The predicted molar refractivity (Wildman–Crippen MR) is 109 cm³/mol. The predicted octanol–water partition coefficient (Wildman–Crippen LogP) is 3.37. The molecule has 0 aliphatic rings. The van der Waals surface area contributed by atoms with Gasteiger partial charge in [-0.05, 0) is 42.9 Å². The van der Waals surface area contributed by atoms with E-state index >= 15 is 0 Å². The lowest BCUT2D eigenvalue weighted by Gasteiger charge is -2.17. The maximum absolute atomic E-state index is 10.3. The molecule has 4 aromatic rings. The van der Waals surface area contributed by atoms with Crippen LogP contribution in [-0.4, -0.2) is 37.1 Å². The van der Waals surface area contributed by atoms with Gasteiger partial charge in [0.05, 0.1) is 11.3 Å². The average molecular weight is 394 g/mol. The fourth-order valence-corrected chi connectivity index (χ4v) is 3.54. The summed E-state index contributed by atoms with van der Waals surface area (Å²) >= 11 is 5.45. The van der Waals surface area contributed by atoms with Crippen molar-refractivity contribution in [1.29, 1.82) is 0 Å². The lowest BCUT2D eigenvalue weighted by molar-refractivity contribution is 0.151. The van der Waals surface area contributed by atoms with Crippen molar-refractivity contribution in [3.63, 3.8) is 0 Å². The van der Waals surface area contributed by atoms with Gasteiger partial charge in [-0.3, -0.25) is 15.0 Å². The molecule has 1 unspecified atom stereocenters. The zero-order valence-electron chi connectivity index (χ0n) is 14.9. The Morgan fingerprint density at radius 3 is 2.54 bits per heavy atom. The Bertz CT molecular complexity index is 1230. The van der Waals surface area contributed by atoms with E-state index in [1.165, 1.54) is 12.1 Å². The van der Waals surface area contributed by atoms with Crippen LogP contribution in [0.1, 0.15) is 11.8 Å². The van der Waals surface area contributed by atoms with Crippen LogP contribution in [0.15, 0.2) is 54.6 Å². The smallest absolute Gasteiger partial charge is 0.200 e. The van der Waals surface area contributed by atoms with E-state index < -0.39 is 6.23 Å². The summed E-state index contributed by atoms with van der Waals surface area (Å²) < 4.78 is 2.08. The van der Waals surface area contributed by atoms with Crippen molar-refractivity contribution >= 4 is 23.0 Å². The zero-order chi connectivity index (χ0) is 19.8. The van der Waals surface area contributed by atoms with Crippen molar-refractivity contribution in [3.8, 4) is 28.6 Å². The number of aliphatic hydroxyl groups is 1. The summed E-state index contributed by atoms with van der Waals surface area (Å²) in [6, 6.07) is 15.7. The monoisotopic (exact) mass is 394 g/mol. The van der Waals surface area contributed by atoms with Crippen LogP contribution >= 0.6 is 12.2 Å². The number of nitrogens with zero attached hydrogens (tertiary/aromatic N) is 2. The van der Waals surface area contributed by atoms with E-state index in [1.54, 1.807) is 17.7 Å². The first-order valence-corrected chi connectivity index (χ1v) is 8.99. The van der Waals surface area contributed by atoms with Gasteiger partial charge in [0, 0.05) is 17.0 Å². The second kappa shape index (κ2) is 7.08. The van der Waals surface area contributed by atoms with E-state index in [-0.39, 0.29) is 11.5 Å². The molecule has 0 radical (unpaired) electrons. The van der Waals surface area contributed by atoms with E-state index in [2.05, 4.69) is 15.5 Å². The number of hydrogen-bond acceptors (Lipinski definition) is 6. The van der Waals surface area contributed by atoms with E-state index in [1.807, 2.05) is 36.4 Å². The van der Waals surface area contributed by atoms with Gasteiger partial charge in [-0.2, -0.15) is 5.10 Å². The normalized spacial score (nSPS) is 12.4. The second-order valence-electron chi connectivity index (χ2n) is 6.30.